The van der Waals surface area contributed by atoms with Crippen molar-refractivity contribution in [3.8, 4) is 0 Å². The molecule has 1 N–H and O–H groups in total. The Morgan fingerprint density at radius 1 is 1.20 bits per heavy atom. The average molecular weight is 276 g/mol. The third-order valence-corrected chi connectivity index (χ3v) is 7.69. The van der Waals surface area contributed by atoms with Gasteiger partial charge in [0.15, 0.2) is 0 Å². The van der Waals surface area contributed by atoms with E-state index in [1.807, 2.05) is 0 Å². The van der Waals surface area contributed by atoms with Crippen molar-refractivity contribution in [2.24, 2.45) is 0 Å². The van der Waals surface area contributed by atoms with E-state index in [1.54, 1.807) is 19.6 Å². The SMILES string of the molecule is CCC(S(=O)(=O)O)S(=O)(=O)O[Si](C)(C)C. The zero-order valence-corrected chi connectivity index (χ0v) is 11.7. The molecule has 0 fully saturated rings. The minimum absolute atomic E-state index is 0.244. The van der Waals surface area contributed by atoms with Crippen molar-refractivity contribution >= 4 is 28.6 Å². The van der Waals surface area contributed by atoms with Crippen LogP contribution in [0.15, 0.2) is 0 Å². The van der Waals surface area contributed by atoms with Gasteiger partial charge in [-0.1, -0.05) is 6.92 Å². The Bertz CT molecular complexity index is 403. The van der Waals surface area contributed by atoms with Gasteiger partial charge in [-0.15, -0.1) is 0 Å². The van der Waals surface area contributed by atoms with Crippen LogP contribution in [-0.4, -0.2) is 34.3 Å². The average Bonchev–Trinajstić information content (AvgIpc) is 1.75. The van der Waals surface area contributed by atoms with Gasteiger partial charge < -0.3 is 3.87 Å². The molecular weight excluding hydrogens is 260 g/mol. The van der Waals surface area contributed by atoms with Gasteiger partial charge in [-0.2, -0.15) is 16.8 Å². The van der Waals surface area contributed by atoms with Gasteiger partial charge in [0.2, 0.25) is 12.9 Å². The lowest BCUT2D eigenvalue weighted by Crippen LogP contribution is -2.38. The van der Waals surface area contributed by atoms with Gasteiger partial charge in [-0.25, -0.2) is 0 Å². The zero-order chi connectivity index (χ0) is 12.5. The second-order valence-electron chi connectivity index (χ2n) is 4.04. The van der Waals surface area contributed by atoms with E-state index >= 15 is 0 Å². The lowest BCUT2D eigenvalue weighted by atomic mass is 10.6. The van der Waals surface area contributed by atoms with Crippen LogP contribution in [0.3, 0.4) is 0 Å². The van der Waals surface area contributed by atoms with E-state index < -0.39 is 33.1 Å². The molecule has 0 aliphatic heterocycles. The highest BCUT2D eigenvalue weighted by molar-refractivity contribution is 8.04. The standard InChI is InChI=1S/C6H16O6S2Si/c1-5-6(13(7,8)9)14(10,11)12-15(2,3)4/h6H,5H2,1-4H3,(H,7,8,9). The monoisotopic (exact) mass is 276 g/mol. The molecule has 0 radical (unpaired) electrons. The van der Waals surface area contributed by atoms with Gasteiger partial charge in [-0.3, -0.25) is 4.55 Å². The topological polar surface area (TPSA) is 97.7 Å². The molecule has 15 heavy (non-hydrogen) atoms. The van der Waals surface area contributed by atoms with Gasteiger partial charge in [0.05, 0.1) is 0 Å². The fourth-order valence-electron chi connectivity index (χ4n) is 0.966. The first-order valence-corrected chi connectivity index (χ1v) is 10.7. The fourth-order valence-corrected chi connectivity index (χ4v) is 6.56. The molecule has 92 valence electrons. The molecule has 0 bridgehead atoms. The number of rotatable bonds is 5. The van der Waals surface area contributed by atoms with Crippen LogP contribution in [0.1, 0.15) is 13.3 Å². The summed E-state index contributed by atoms with van der Waals surface area (Å²) in [7, 11) is -11.3. The maximum atomic E-state index is 11.5. The highest BCUT2D eigenvalue weighted by Crippen LogP contribution is 2.18. The molecule has 6 nitrogen and oxygen atoms in total. The van der Waals surface area contributed by atoms with E-state index in [0.717, 1.165) is 0 Å². The predicted octanol–water partition coefficient (Wildman–Crippen LogP) is 0.792. The van der Waals surface area contributed by atoms with Crippen molar-refractivity contribution in [2.45, 2.75) is 37.6 Å². The number of hydrogen-bond donors (Lipinski definition) is 1. The molecule has 1 unspecified atom stereocenters. The van der Waals surface area contributed by atoms with Gasteiger partial charge in [0, 0.05) is 0 Å². The normalized spacial score (nSPS) is 16.3. The van der Waals surface area contributed by atoms with Gasteiger partial charge in [0.1, 0.15) is 0 Å². The molecular formula is C6H16O6S2Si. The first kappa shape index (κ1) is 15.0. The maximum absolute atomic E-state index is 11.5. The van der Waals surface area contributed by atoms with Gasteiger partial charge in [0.25, 0.3) is 20.2 Å². The van der Waals surface area contributed by atoms with E-state index in [2.05, 4.69) is 0 Å². The Morgan fingerprint density at radius 2 is 1.60 bits per heavy atom. The van der Waals surface area contributed by atoms with E-state index in [1.165, 1.54) is 6.92 Å². The molecule has 0 saturated heterocycles. The van der Waals surface area contributed by atoms with Crippen molar-refractivity contribution in [1.29, 1.82) is 0 Å². The number of hydrogen-bond acceptors (Lipinski definition) is 5. The van der Waals surface area contributed by atoms with E-state index in [0.29, 0.717) is 0 Å². The smallest absolute Gasteiger partial charge is 0.284 e. The van der Waals surface area contributed by atoms with Crippen molar-refractivity contribution < 1.29 is 25.3 Å². The van der Waals surface area contributed by atoms with Crippen molar-refractivity contribution in [1.82, 2.24) is 0 Å². The fraction of sp³-hybridized carbons (Fsp3) is 1.00. The second-order valence-corrected chi connectivity index (χ2v) is 12.4. The molecule has 0 aliphatic carbocycles. The van der Waals surface area contributed by atoms with Crippen LogP contribution in [0, 0.1) is 0 Å². The van der Waals surface area contributed by atoms with Crippen molar-refractivity contribution in [2.75, 3.05) is 0 Å². The summed E-state index contributed by atoms with van der Waals surface area (Å²) >= 11 is 0. The second kappa shape index (κ2) is 4.50. The molecule has 0 saturated carbocycles. The molecule has 0 heterocycles. The Kier molecular flexibility index (Phi) is 4.51. The maximum Gasteiger partial charge on any atom is 0.284 e. The molecule has 0 aromatic carbocycles. The van der Waals surface area contributed by atoms with Crippen LogP contribution in [0.5, 0.6) is 0 Å². The minimum Gasteiger partial charge on any atom is -0.314 e. The summed E-state index contributed by atoms with van der Waals surface area (Å²) in [6.07, 6.45) is -0.244. The van der Waals surface area contributed by atoms with Crippen LogP contribution in [-0.2, 0) is 24.1 Å². The molecule has 9 heteroatoms. The largest absolute Gasteiger partial charge is 0.314 e. The summed E-state index contributed by atoms with van der Waals surface area (Å²) in [6, 6.07) is 0. The Hall–Kier alpha value is 0.0369. The van der Waals surface area contributed by atoms with Crippen LogP contribution >= 0.6 is 0 Å². The summed E-state index contributed by atoms with van der Waals surface area (Å²) in [5, 5.41) is 0. The van der Waals surface area contributed by atoms with Crippen molar-refractivity contribution in [3.63, 3.8) is 0 Å². The molecule has 0 aliphatic rings. The van der Waals surface area contributed by atoms with Crippen LogP contribution in [0.25, 0.3) is 0 Å². The zero-order valence-electron chi connectivity index (χ0n) is 9.09. The van der Waals surface area contributed by atoms with Gasteiger partial charge >= 0.3 is 0 Å². The third kappa shape index (κ3) is 5.07. The molecule has 0 amide bonds. The summed E-state index contributed by atoms with van der Waals surface area (Å²) in [5.74, 6) is 0. The van der Waals surface area contributed by atoms with Crippen LogP contribution in [0.2, 0.25) is 19.6 Å². The summed E-state index contributed by atoms with van der Waals surface area (Å²) < 4.78 is 56.2. The first-order chi connectivity index (χ1) is 6.40. The van der Waals surface area contributed by atoms with Crippen molar-refractivity contribution in [3.05, 3.63) is 0 Å². The highest BCUT2D eigenvalue weighted by atomic mass is 32.3. The molecule has 0 aromatic rings. The quantitative estimate of drug-likeness (QED) is 0.589. The first-order valence-electron chi connectivity index (χ1n) is 4.31. The Balaban J connectivity index is 5.20. The van der Waals surface area contributed by atoms with E-state index in [4.69, 9.17) is 8.42 Å². The summed E-state index contributed by atoms with van der Waals surface area (Å²) in [5.41, 5.74) is 0. The third-order valence-electron chi connectivity index (χ3n) is 1.35. The Morgan fingerprint density at radius 3 is 1.80 bits per heavy atom. The highest BCUT2D eigenvalue weighted by Gasteiger charge is 2.39. The molecule has 0 rings (SSSR count). The van der Waals surface area contributed by atoms with Crippen LogP contribution in [0.4, 0.5) is 0 Å². The minimum atomic E-state index is -4.64. The Labute approximate surface area is 91.6 Å². The van der Waals surface area contributed by atoms with Crippen LogP contribution < -0.4 is 0 Å². The predicted molar refractivity (Wildman–Crippen MR) is 59.0 cm³/mol. The summed E-state index contributed by atoms with van der Waals surface area (Å²) in [6.45, 7) is 6.19. The molecule has 0 aromatic heterocycles. The molecule has 1 atom stereocenters. The molecule has 0 spiro atoms. The lowest BCUT2D eigenvalue weighted by molar-refractivity contribution is 0.454. The lowest BCUT2D eigenvalue weighted by Gasteiger charge is -2.20. The van der Waals surface area contributed by atoms with E-state index in [-0.39, 0.29) is 6.42 Å². The van der Waals surface area contributed by atoms with Gasteiger partial charge in [-0.05, 0) is 26.1 Å². The summed E-state index contributed by atoms with van der Waals surface area (Å²) in [4.78, 5) is 0. The van der Waals surface area contributed by atoms with E-state index in [9.17, 15) is 16.8 Å².